The first kappa shape index (κ1) is 28.0. The monoisotopic (exact) mass is 564 g/mol. The lowest BCUT2D eigenvalue weighted by molar-refractivity contribution is 0.0512. The van der Waals surface area contributed by atoms with E-state index in [1.165, 1.54) is 22.1 Å². The fourth-order valence-electron chi connectivity index (χ4n) is 6.54. The number of hydrogen-bond acceptors (Lipinski definition) is 5. The van der Waals surface area contributed by atoms with Crippen molar-refractivity contribution in [2.24, 2.45) is 7.05 Å². The van der Waals surface area contributed by atoms with Crippen LogP contribution in [0.5, 0.6) is 5.75 Å². The maximum absolute atomic E-state index is 13.7. The number of esters is 1. The third kappa shape index (κ3) is 4.96. The molecule has 0 saturated heterocycles. The van der Waals surface area contributed by atoms with Crippen molar-refractivity contribution < 1.29 is 14.3 Å². The number of rotatable bonds is 7. The number of fused-ring (bicyclic) bond motifs is 3. The number of nitrogens with zero attached hydrogens (tertiary/aromatic N) is 4. The van der Waals surface area contributed by atoms with Crippen LogP contribution in [-0.4, -0.2) is 52.0 Å². The Bertz CT molecular complexity index is 1780. The maximum Gasteiger partial charge on any atom is 0.355 e. The van der Waals surface area contributed by atoms with E-state index >= 15 is 0 Å². The van der Waals surface area contributed by atoms with Crippen molar-refractivity contribution in [2.75, 3.05) is 26.8 Å². The molecule has 0 bridgehead atoms. The molecule has 0 spiro atoms. The van der Waals surface area contributed by atoms with Gasteiger partial charge in [0, 0.05) is 47.7 Å². The Balaban J connectivity index is 1.45. The molecule has 0 saturated carbocycles. The normalized spacial score (nSPS) is 13.8. The zero-order chi connectivity index (χ0) is 29.4. The second-order valence-corrected chi connectivity index (χ2v) is 11.4. The standard InChI is InChI=1S/C35H40N4O3/c1-6-41-35(40)34-27(15-10-21-42-30-16-9-13-25-12-7-8-14-26(25)30)28-18-17-23(2)31-32-24(3)38(5)36-29(32)22-37(4)19-11-20-39(34)33(28)31/h7-9,12-14,16-18H,6,10-11,15,19-22H2,1-5H3. The zero-order valence-corrected chi connectivity index (χ0v) is 25.4. The number of hydrogen-bond donors (Lipinski definition) is 0. The van der Waals surface area contributed by atoms with Crippen LogP contribution < -0.4 is 4.74 Å². The van der Waals surface area contributed by atoms with E-state index in [2.05, 4.69) is 60.7 Å². The first-order valence-electron chi connectivity index (χ1n) is 15.0. The molecule has 3 heterocycles. The largest absolute Gasteiger partial charge is 0.493 e. The number of aromatic nitrogens is 3. The molecular weight excluding hydrogens is 524 g/mol. The van der Waals surface area contributed by atoms with E-state index in [9.17, 15) is 4.79 Å². The number of carbonyl (C=O) groups is 1. The summed E-state index contributed by atoms with van der Waals surface area (Å²) in [5, 5.41) is 8.33. The molecule has 0 radical (unpaired) electrons. The molecule has 0 N–H and O–H groups in total. The molecule has 218 valence electrons. The highest BCUT2D eigenvalue weighted by molar-refractivity contribution is 6.05. The first-order valence-corrected chi connectivity index (χ1v) is 15.0. The summed E-state index contributed by atoms with van der Waals surface area (Å²) in [6, 6.07) is 18.8. The van der Waals surface area contributed by atoms with Gasteiger partial charge >= 0.3 is 5.97 Å². The lowest BCUT2D eigenvalue weighted by atomic mass is 9.94. The van der Waals surface area contributed by atoms with E-state index in [4.69, 9.17) is 14.6 Å². The molecule has 0 fully saturated rings. The van der Waals surface area contributed by atoms with Crippen molar-refractivity contribution in [3.8, 4) is 16.9 Å². The van der Waals surface area contributed by atoms with Crippen LogP contribution in [0.1, 0.15) is 52.8 Å². The predicted molar refractivity (Wildman–Crippen MR) is 168 cm³/mol. The van der Waals surface area contributed by atoms with E-state index < -0.39 is 0 Å². The van der Waals surface area contributed by atoms with E-state index in [0.717, 1.165) is 71.5 Å². The van der Waals surface area contributed by atoms with E-state index in [1.807, 2.05) is 42.9 Å². The molecule has 42 heavy (non-hydrogen) atoms. The number of carbonyl (C=O) groups excluding carboxylic acids is 1. The molecule has 1 aliphatic heterocycles. The number of ether oxygens (including phenoxy) is 2. The van der Waals surface area contributed by atoms with Gasteiger partial charge in [0.1, 0.15) is 11.4 Å². The minimum absolute atomic E-state index is 0.254. The average molecular weight is 565 g/mol. The zero-order valence-electron chi connectivity index (χ0n) is 25.4. The SMILES string of the molecule is CCOC(=O)c1c(CCCOc2cccc3ccccc23)c2ccc(C)c3c2n1CCCN(C)Cc1nn(C)c(C)c1-3. The van der Waals surface area contributed by atoms with Crippen LogP contribution in [-0.2, 0) is 31.3 Å². The third-order valence-corrected chi connectivity index (χ3v) is 8.58. The van der Waals surface area contributed by atoms with Crippen molar-refractivity contribution in [3.63, 3.8) is 0 Å². The Hall–Kier alpha value is -4.10. The summed E-state index contributed by atoms with van der Waals surface area (Å²) >= 11 is 0. The third-order valence-electron chi connectivity index (χ3n) is 8.58. The highest BCUT2D eigenvalue weighted by atomic mass is 16.5. The summed E-state index contributed by atoms with van der Waals surface area (Å²) in [5.74, 6) is 0.636. The summed E-state index contributed by atoms with van der Waals surface area (Å²) in [5.41, 5.74) is 8.57. The Morgan fingerprint density at radius 2 is 1.76 bits per heavy atom. The van der Waals surface area contributed by atoms with E-state index in [0.29, 0.717) is 25.3 Å². The van der Waals surface area contributed by atoms with Gasteiger partial charge in [-0.25, -0.2) is 4.79 Å². The van der Waals surface area contributed by atoms with Crippen LogP contribution in [0.4, 0.5) is 0 Å². The van der Waals surface area contributed by atoms with Crippen molar-refractivity contribution in [1.29, 1.82) is 0 Å². The van der Waals surface area contributed by atoms with Crippen LogP contribution in [0, 0.1) is 13.8 Å². The highest BCUT2D eigenvalue weighted by Crippen LogP contribution is 2.41. The van der Waals surface area contributed by atoms with Crippen LogP contribution in [0.25, 0.3) is 32.8 Å². The Kier molecular flexibility index (Phi) is 7.78. The summed E-state index contributed by atoms with van der Waals surface area (Å²) in [4.78, 5) is 16.0. The number of benzene rings is 3. The van der Waals surface area contributed by atoms with Gasteiger partial charge in [-0.15, -0.1) is 0 Å². The predicted octanol–water partition coefficient (Wildman–Crippen LogP) is 6.84. The lowest BCUT2D eigenvalue weighted by Gasteiger charge is -2.21. The van der Waals surface area contributed by atoms with Crippen LogP contribution in [0.2, 0.25) is 0 Å². The van der Waals surface area contributed by atoms with Crippen molar-refractivity contribution in [1.82, 2.24) is 19.2 Å². The van der Waals surface area contributed by atoms with Gasteiger partial charge in [-0.1, -0.05) is 48.5 Å². The van der Waals surface area contributed by atoms with Gasteiger partial charge in [0.25, 0.3) is 0 Å². The molecule has 0 unspecified atom stereocenters. The van der Waals surface area contributed by atoms with Gasteiger partial charge in [-0.3, -0.25) is 4.68 Å². The Morgan fingerprint density at radius 3 is 2.60 bits per heavy atom. The summed E-state index contributed by atoms with van der Waals surface area (Å²) in [6.45, 7) is 9.51. The average Bonchev–Trinajstić information content (AvgIpc) is 3.43. The molecule has 2 aromatic heterocycles. The fourth-order valence-corrected chi connectivity index (χ4v) is 6.54. The topological polar surface area (TPSA) is 61.5 Å². The van der Waals surface area contributed by atoms with Gasteiger partial charge < -0.3 is 18.9 Å². The summed E-state index contributed by atoms with van der Waals surface area (Å²) in [6.07, 6.45) is 2.41. The highest BCUT2D eigenvalue weighted by Gasteiger charge is 2.29. The van der Waals surface area contributed by atoms with Crippen LogP contribution >= 0.6 is 0 Å². The summed E-state index contributed by atoms with van der Waals surface area (Å²) in [7, 11) is 4.16. The molecule has 0 amide bonds. The molecule has 5 aromatic rings. The smallest absolute Gasteiger partial charge is 0.355 e. The van der Waals surface area contributed by atoms with Crippen LogP contribution in [0.3, 0.4) is 0 Å². The molecule has 0 atom stereocenters. The molecule has 0 aliphatic carbocycles. The maximum atomic E-state index is 13.7. The Morgan fingerprint density at radius 1 is 0.952 bits per heavy atom. The minimum Gasteiger partial charge on any atom is -0.493 e. The lowest BCUT2D eigenvalue weighted by Crippen LogP contribution is -2.23. The van der Waals surface area contributed by atoms with Gasteiger partial charge in [-0.05, 0) is 76.2 Å². The summed E-state index contributed by atoms with van der Waals surface area (Å²) < 4.78 is 16.2. The van der Waals surface area contributed by atoms with Gasteiger partial charge in [0.2, 0.25) is 0 Å². The van der Waals surface area contributed by atoms with Crippen molar-refractivity contribution in [3.05, 3.63) is 82.8 Å². The first-order chi connectivity index (χ1) is 20.4. The quantitative estimate of drug-likeness (QED) is 0.160. The fraction of sp³-hybridized carbons (Fsp3) is 0.371. The molecule has 1 aliphatic rings. The van der Waals surface area contributed by atoms with Gasteiger partial charge in [-0.2, -0.15) is 5.10 Å². The minimum atomic E-state index is -0.254. The molecular formula is C35H40N4O3. The number of aryl methyl sites for hydroxylation is 4. The Labute approximate surface area is 247 Å². The second kappa shape index (κ2) is 11.6. The van der Waals surface area contributed by atoms with Gasteiger partial charge in [0.15, 0.2) is 0 Å². The molecule has 3 aromatic carbocycles. The van der Waals surface area contributed by atoms with Gasteiger partial charge in [0.05, 0.1) is 24.4 Å². The van der Waals surface area contributed by atoms with Crippen molar-refractivity contribution >= 4 is 27.6 Å². The molecule has 7 nitrogen and oxygen atoms in total. The van der Waals surface area contributed by atoms with Crippen LogP contribution in [0.15, 0.2) is 54.6 Å². The molecule has 7 heteroatoms. The van der Waals surface area contributed by atoms with E-state index in [-0.39, 0.29) is 5.97 Å². The molecule has 6 rings (SSSR count). The second-order valence-electron chi connectivity index (χ2n) is 11.4. The van der Waals surface area contributed by atoms with Crippen molar-refractivity contribution in [2.45, 2.75) is 53.1 Å². The van der Waals surface area contributed by atoms with E-state index in [1.54, 1.807) is 0 Å².